The molecule has 1 atom stereocenters. The Morgan fingerprint density at radius 3 is 2.72 bits per heavy atom. The summed E-state index contributed by atoms with van der Waals surface area (Å²) >= 11 is 0. The number of benzene rings is 1. The lowest BCUT2D eigenvalue weighted by molar-refractivity contribution is 0.213. The number of aromatic nitrogens is 1. The second-order valence-corrected chi connectivity index (χ2v) is 4.01. The molecule has 1 unspecified atom stereocenters. The maximum atomic E-state index is 13.0. The Hall–Kier alpha value is -1.94. The predicted octanol–water partition coefficient (Wildman–Crippen LogP) is 2.62. The van der Waals surface area contributed by atoms with Crippen molar-refractivity contribution in [2.75, 3.05) is 7.11 Å². The molecule has 0 fully saturated rings. The summed E-state index contributed by atoms with van der Waals surface area (Å²) in [6.45, 7) is 1.75. The molecule has 3 nitrogen and oxygen atoms in total. The topological polar surface area (TPSA) is 42.4 Å². The molecule has 0 aliphatic rings. The molecule has 4 heteroatoms. The van der Waals surface area contributed by atoms with Crippen LogP contribution in [0.5, 0.6) is 5.88 Å². The summed E-state index contributed by atoms with van der Waals surface area (Å²) in [7, 11) is 1.52. The molecule has 2 rings (SSSR count). The fourth-order valence-corrected chi connectivity index (χ4v) is 1.80. The second kappa shape index (κ2) is 5.14. The van der Waals surface area contributed by atoms with Crippen molar-refractivity contribution in [1.82, 2.24) is 4.98 Å². The SMILES string of the molecule is COc1cccc(C(O)c2ccc(F)cc2C)n1. The van der Waals surface area contributed by atoms with Crippen LogP contribution in [-0.2, 0) is 0 Å². The molecule has 18 heavy (non-hydrogen) atoms. The number of hydrogen-bond acceptors (Lipinski definition) is 3. The fourth-order valence-electron chi connectivity index (χ4n) is 1.80. The lowest BCUT2D eigenvalue weighted by atomic mass is 10.0. The number of rotatable bonds is 3. The minimum atomic E-state index is -0.888. The molecule has 1 heterocycles. The molecule has 0 radical (unpaired) electrons. The van der Waals surface area contributed by atoms with Crippen LogP contribution >= 0.6 is 0 Å². The molecule has 1 aromatic carbocycles. The number of halogens is 1. The third kappa shape index (κ3) is 2.49. The highest BCUT2D eigenvalue weighted by atomic mass is 19.1. The standard InChI is InChI=1S/C14H14FNO2/c1-9-8-10(15)6-7-11(9)14(17)12-4-3-5-13(16-12)18-2/h3-8,14,17H,1-2H3. The van der Waals surface area contributed by atoms with Gasteiger partial charge in [0.15, 0.2) is 0 Å². The fraction of sp³-hybridized carbons (Fsp3) is 0.214. The van der Waals surface area contributed by atoms with Gasteiger partial charge >= 0.3 is 0 Å². The van der Waals surface area contributed by atoms with Crippen LogP contribution in [0, 0.1) is 12.7 Å². The van der Waals surface area contributed by atoms with Gasteiger partial charge in [-0.15, -0.1) is 0 Å². The van der Waals surface area contributed by atoms with Crippen LogP contribution < -0.4 is 4.74 Å². The molecule has 94 valence electrons. The van der Waals surface area contributed by atoms with Gasteiger partial charge in [0.1, 0.15) is 11.9 Å². The molecule has 0 aliphatic carbocycles. The Bertz CT molecular complexity index is 557. The summed E-state index contributed by atoms with van der Waals surface area (Å²) < 4.78 is 18.0. The van der Waals surface area contributed by atoms with Crippen LogP contribution in [0.1, 0.15) is 22.9 Å². The van der Waals surface area contributed by atoms with Crippen molar-refractivity contribution < 1.29 is 14.2 Å². The van der Waals surface area contributed by atoms with Crippen molar-refractivity contribution in [1.29, 1.82) is 0 Å². The van der Waals surface area contributed by atoms with E-state index in [1.807, 2.05) is 0 Å². The molecular weight excluding hydrogens is 233 g/mol. The normalized spacial score (nSPS) is 12.2. The van der Waals surface area contributed by atoms with E-state index in [0.29, 0.717) is 22.7 Å². The average molecular weight is 247 g/mol. The highest BCUT2D eigenvalue weighted by Crippen LogP contribution is 2.25. The van der Waals surface area contributed by atoms with E-state index in [2.05, 4.69) is 4.98 Å². The summed E-state index contributed by atoms with van der Waals surface area (Å²) in [5, 5.41) is 10.2. The van der Waals surface area contributed by atoms with E-state index in [0.717, 1.165) is 0 Å². The van der Waals surface area contributed by atoms with Gasteiger partial charge in [0.25, 0.3) is 0 Å². The lowest BCUT2D eigenvalue weighted by Crippen LogP contribution is -2.05. The van der Waals surface area contributed by atoms with Crippen LogP contribution in [0.4, 0.5) is 4.39 Å². The van der Waals surface area contributed by atoms with Crippen molar-refractivity contribution >= 4 is 0 Å². The molecular formula is C14H14FNO2. The van der Waals surface area contributed by atoms with Crippen LogP contribution in [0.25, 0.3) is 0 Å². The third-order valence-electron chi connectivity index (χ3n) is 2.76. The number of aryl methyl sites for hydroxylation is 1. The highest BCUT2D eigenvalue weighted by Gasteiger charge is 2.15. The van der Waals surface area contributed by atoms with Gasteiger partial charge in [0.2, 0.25) is 5.88 Å². The monoisotopic (exact) mass is 247 g/mol. The summed E-state index contributed by atoms with van der Waals surface area (Å²) in [6.07, 6.45) is -0.888. The zero-order chi connectivity index (χ0) is 13.1. The van der Waals surface area contributed by atoms with Gasteiger partial charge in [0.05, 0.1) is 12.8 Å². The summed E-state index contributed by atoms with van der Waals surface area (Å²) in [4.78, 5) is 4.17. The Morgan fingerprint density at radius 1 is 1.28 bits per heavy atom. The van der Waals surface area contributed by atoms with E-state index in [4.69, 9.17) is 4.74 Å². The van der Waals surface area contributed by atoms with Crippen molar-refractivity contribution in [3.63, 3.8) is 0 Å². The minimum absolute atomic E-state index is 0.318. The second-order valence-electron chi connectivity index (χ2n) is 4.01. The first-order valence-electron chi connectivity index (χ1n) is 5.57. The zero-order valence-electron chi connectivity index (χ0n) is 10.2. The van der Waals surface area contributed by atoms with Gasteiger partial charge in [0, 0.05) is 6.07 Å². The molecule has 0 saturated heterocycles. The van der Waals surface area contributed by atoms with Gasteiger partial charge in [-0.05, 0) is 36.2 Å². The maximum absolute atomic E-state index is 13.0. The molecule has 1 N–H and O–H groups in total. The van der Waals surface area contributed by atoms with Gasteiger partial charge in [-0.2, -0.15) is 0 Å². The van der Waals surface area contributed by atoms with E-state index in [1.165, 1.54) is 19.2 Å². The molecule has 0 bridgehead atoms. The predicted molar refractivity (Wildman–Crippen MR) is 66.0 cm³/mol. The van der Waals surface area contributed by atoms with Crippen LogP contribution in [0.3, 0.4) is 0 Å². The van der Waals surface area contributed by atoms with Gasteiger partial charge < -0.3 is 9.84 Å². The van der Waals surface area contributed by atoms with E-state index in [9.17, 15) is 9.50 Å². The molecule has 0 saturated carbocycles. The molecule has 0 spiro atoms. The third-order valence-corrected chi connectivity index (χ3v) is 2.76. The van der Waals surface area contributed by atoms with Crippen molar-refractivity contribution in [2.45, 2.75) is 13.0 Å². The summed E-state index contributed by atoms with van der Waals surface area (Å²) in [5.41, 5.74) is 1.80. The first-order chi connectivity index (χ1) is 8.61. The van der Waals surface area contributed by atoms with E-state index in [-0.39, 0.29) is 5.82 Å². The molecule has 2 aromatic rings. The first-order valence-corrected chi connectivity index (χ1v) is 5.57. The number of pyridine rings is 1. The van der Waals surface area contributed by atoms with E-state index >= 15 is 0 Å². The van der Waals surface area contributed by atoms with Crippen molar-refractivity contribution in [2.24, 2.45) is 0 Å². The number of methoxy groups -OCH3 is 1. The van der Waals surface area contributed by atoms with Crippen molar-refractivity contribution in [3.05, 3.63) is 59.0 Å². The van der Waals surface area contributed by atoms with E-state index in [1.54, 1.807) is 31.2 Å². The Morgan fingerprint density at radius 2 is 2.06 bits per heavy atom. The quantitative estimate of drug-likeness (QED) is 0.906. The van der Waals surface area contributed by atoms with E-state index < -0.39 is 6.10 Å². The summed E-state index contributed by atoms with van der Waals surface area (Å²) in [5.74, 6) is 0.119. The molecule has 0 aliphatic heterocycles. The number of aliphatic hydroxyl groups excluding tert-OH is 1. The Balaban J connectivity index is 2.37. The van der Waals surface area contributed by atoms with Gasteiger partial charge in [-0.1, -0.05) is 12.1 Å². The molecule has 0 amide bonds. The smallest absolute Gasteiger partial charge is 0.213 e. The first kappa shape index (κ1) is 12.5. The van der Waals surface area contributed by atoms with Crippen LogP contribution in [-0.4, -0.2) is 17.2 Å². The number of nitrogens with zero attached hydrogens (tertiary/aromatic N) is 1. The van der Waals surface area contributed by atoms with Gasteiger partial charge in [-0.3, -0.25) is 0 Å². The van der Waals surface area contributed by atoms with Gasteiger partial charge in [-0.25, -0.2) is 9.37 Å². The zero-order valence-corrected chi connectivity index (χ0v) is 10.2. The largest absolute Gasteiger partial charge is 0.481 e. The van der Waals surface area contributed by atoms with Crippen LogP contribution in [0.15, 0.2) is 36.4 Å². The average Bonchev–Trinajstić information content (AvgIpc) is 2.38. The number of aliphatic hydroxyl groups is 1. The Kier molecular flexibility index (Phi) is 3.58. The number of ether oxygens (including phenoxy) is 1. The van der Waals surface area contributed by atoms with Crippen LogP contribution in [0.2, 0.25) is 0 Å². The minimum Gasteiger partial charge on any atom is -0.481 e. The molecule has 1 aromatic heterocycles. The lowest BCUT2D eigenvalue weighted by Gasteiger charge is -2.14. The highest BCUT2D eigenvalue weighted by molar-refractivity contribution is 5.34. The Labute approximate surface area is 105 Å². The maximum Gasteiger partial charge on any atom is 0.213 e. The summed E-state index contributed by atoms with van der Waals surface area (Å²) in [6, 6.07) is 9.44. The van der Waals surface area contributed by atoms with Crippen molar-refractivity contribution in [3.8, 4) is 5.88 Å². The number of hydrogen-bond donors (Lipinski definition) is 1.